The number of aromatic nitrogens is 1. The van der Waals surface area contributed by atoms with Crippen LogP contribution in [-0.2, 0) is 10.8 Å². The molecule has 0 saturated heterocycles. The molecule has 0 bridgehead atoms. The second-order valence-electron chi connectivity index (χ2n) is 8.97. The highest BCUT2D eigenvalue weighted by atomic mass is 19.1. The first kappa shape index (κ1) is 22.1. The van der Waals surface area contributed by atoms with Crippen LogP contribution in [0.4, 0.5) is 4.39 Å². The Bertz CT molecular complexity index is 709. The minimum atomic E-state index is -0.310. The number of pyridine rings is 1. The summed E-state index contributed by atoms with van der Waals surface area (Å²) in [6.45, 7) is 17.3. The third-order valence-electron chi connectivity index (χ3n) is 4.26. The maximum absolute atomic E-state index is 13.0. The molecule has 2 aromatic rings. The van der Waals surface area contributed by atoms with Crippen LogP contribution in [0, 0.1) is 5.82 Å². The predicted molar refractivity (Wildman–Crippen MR) is 109 cm³/mol. The molecule has 0 fully saturated rings. The van der Waals surface area contributed by atoms with E-state index < -0.39 is 0 Å². The SMILES string of the molecule is CC(C)c1cc(C(C)(C)C)ccn1.COc1cc(C(C)(C)C)ccc1F. The van der Waals surface area contributed by atoms with Crippen LogP contribution in [0.1, 0.15) is 78.1 Å². The van der Waals surface area contributed by atoms with Crippen LogP contribution in [0.5, 0.6) is 5.75 Å². The first-order valence-electron chi connectivity index (χ1n) is 9.16. The van der Waals surface area contributed by atoms with Gasteiger partial charge in [-0.1, -0.05) is 61.5 Å². The summed E-state index contributed by atoms with van der Waals surface area (Å²) >= 11 is 0. The van der Waals surface area contributed by atoms with Crippen molar-refractivity contribution in [3.63, 3.8) is 0 Å². The van der Waals surface area contributed by atoms with Gasteiger partial charge in [-0.05, 0) is 52.1 Å². The van der Waals surface area contributed by atoms with E-state index in [1.165, 1.54) is 24.4 Å². The lowest BCUT2D eigenvalue weighted by atomic mass is 9.86. The molecule has 0 aliphatic carbocycles. The number of nitrogens with zero attached hydrogens (tertiary/aromatic N) is 1. The van der Waals surface area contributed by atoms with Gasteiger partial charge in [0.2, 0.25) is 0 Å². The Balaban J connectivity index is 0.000000260. The fourth-order valence-corrected chi connectivity index (χ4v) is 2.36. The van der Waals surface area contributed by atoms with Crippen LogP contribution in [0.2, 0.25) is 0 Å². The van der Waals surface area contributed by atoms with E-state index in [9.17, 15) is 4.39 Å². The number of halogens is 1. The number of hydrogen-bond acceptors (Lipinski definition) is 2. The zero-order valence-corrected chi connectivity index (χ0v) is 17.8. The van der Waals surface area contributed by atoms with Gasteiger partial charge < -0.3 is 4.74 Å². The largest absolute Gasteiger partial charge is 0.494 e. The molecule has 0 amide bonds. The summed E-state index contributed by atoms with van der Waals surface area (Å²) in [7, 11) is 1.48. The zero-order valence-electron chi connectivity index (χ0n) is 17.8. The van der Waals surface area contributed by atoms with Crippen molar-refractivity contribution in [2.45, 2.75) is 72.1 Å². The Morgan fingerprint density at radius 2 is 1.42 bits per heavy atom. The van der Waals surface area contributed by atoms with Crippen LogP contribution in [0.25, 0.3) is 0 Å². The summed E-state index contributed by atoms with van der Waals surface area (Å²) in [6.07, 6.45) is 1.91. The molecule has 1 aromatic carbocycles. The van der Waals surface area contributed by atoms with Gasteiger partial charge in [-0.2, -0.15) is 0 Å². The molecule has 0 radical (unpaired) electrons. The first-order chi connectivity index (χ1) is 11.9. The Morgan fingerprint density at radius 1 is 0.885 bits per heavy atom. The Labute approximate surface area is 158 Å². The maximum Gasteiger partial charge on any atom is 0.165 e. The standard InChI is InChI=1S/C12H19N.C11H15FO/c1-9(2)11-8-10(6-7-13-11)12(3,4)5;1-11(2,3)8-5-6-9(12)10(7-8)13-4/h6-9H,1-5H3;5-7H,1-4H3. The van der Waals surface area contributed by atoms with E-state index in [0.29, 0.717) is 11.7 Å². The van der Waals surface area contributed by atoms with Crippen LogP contribution in [0.15, 0.2) is 36.5 Å². The summed E-state index contributed by atoms with van der Waals surface area (Å²) in [5, 5.41) is 0. The zero-order chi connectivity index (χ0) is 20.1. The number of rotatable bonds is 2. The molecule has 0 saturated carbocycles. The Kier molecular flexibility index (Phi) is 7.37. The van der Waals surface area contributed by atoms with E-state index in [-0.39, 0.29) is 16.6 Å². The highest BCUT2D eigenvalue weighted by Crippen LogP contribution is 2.27. The third kappa shape index (κ3) is 6.44. The third-order valence-corrected chi connectivity index (χ3v) is 4.26. The average molecular weight is 360 g/mol. The van der Waals surface area contributed by atoms with Gasteiger partial charge in [-0.3, -0.25) is 4.98 Å². The summed E-state index contributed by atoms with van der Waals surface area (Å²) in [4.78, 5) is 4.35. The number of hydrogen-bond donors (Lipinski definition) is 0. The highest BCUT2D eigenvalue weighted by Gasteiger charge is 2.16. The summed E-state index contributed by atoms with van der Waals surface area (Å²) in [5.74, 6) is 0.519. The van der Waals surface area contributed by atoms with E-state index in [2.05, 4.69) is 72.5 Å². The van der Waals surface area contributed by atoms with Gasteiger partial charge in [0.05, 0.1) is 7.11 Å². The van der Waals surface area contributed by atoms with Gasteiger partial charge >= 0.3 is 0 Å². The number of methoxy groups -OCH3 is 1. The van der Waals surface area contributed by atoms with Gasteiger partial charge in [0.15, 0.2) is 11.6 Å². The van der Waals surface area contributed by atoms with Crippen LogP contribution in [0.3, 0.4) is 0 Å². The average Bonchev–Trinajstić information content (AvgIpc) is 2.54. The van der Waals surface area contributed by atoms with Crippen molar-refractivity contribution in [2.24, 2.45) is 0 Å². The smallest absolute Gasteiger partial charge is 0.165 e. The molecule has 0 aliphatic rings. The second-order valence-corrected chi connectivity index (χ2v) is 8.97. The first-order valence-corrected chi connectivity index (χ1v) is 9.16. The van der Waals surface area contributed by atoms with Crippen molar-refractivity contribution in [1.29, 1.82) is 0 Å². The molecule has 1 aromatic heterocycles. The van der Waals surface area contributed by atoms with Gasteiger partial charge in [0, 0.05) is 11.9 Å². The van der Waals surface area contributed by atoms with Gasteiger partial charge in [-0.25, -0.2) is 4.39 Å². The predicted octanol–water partition coefficient (Wildman–Crippen LogP) is 6.63. The van der Waals surface area contributed by atoms with Crippen molar-refractivity contribution in [3.05, 3.63) is 59.2 Å². The monoisotopic (exact) mass is 359 g/mol. The van der Waals surface area contributed by atoms with Gasteiger partial charge in [0.25, 0.3) is 0 Å². The fourth-order valence-electron chi connectivity index (χ4n) is 2.36. The van der Waals surface area contributed by atoms with Crippen LogP contribution in [-0.4, -0.2) is 12.1 Å². The summed E-state index contributed by atoms with van der Waals surface area (Å²) in [5.41, 5.74) is 3.89. The molecule has 144 valence electrons. The van der Waals surface area contributed by atoms with Crippen molar-refractivity contribution in [2.75, 3.05) is 7.11 Å². The molecule has 0 aliphatic heterocycles. The second kappa shape index (κ2) is 8.66. The summed E-state index contributed by atoms with van der Waals surface area (Å²) < 4.78 is 17.9. The maximum atomic E-state index is 13.0. The molecule has 3 heteroatoms. The Hall–Kier alpha value is -1.90. The fraction of sp³-hybridized carbons (Fsp3) is 0.522. The van der Waals surface area contributed by atoms with Crippen molar-refractivity contribution < 1.29 is 9.13 Å². The topological polar surface area (TPSA) is 22.1 Å². The lowest BCUT2D eigenvalue weighted by Crippen LogP contribution is -2.12. The number of ether oxygens (including phenoxy) is 1. The lowest BCUT2D eigenvalue weighted by Gasteiger charge is -2.19. The van der Waals surface area contributed by atoms with Gasteiger partial charge in [-0.15, -0.1) is 0 Å². The molecule has 1 heterocycles. The molecular formula is C23H34FNO. The Morgan fingerprint density at radius 3 is 1.88 bits per heavy atom. The molecule has 0 atom stereocenters. The van der Waals surface area contributed by atoms with Crippen molar-refractivity contribution in [1.82, 2.24) is 4.98 Å². The van der Waals surface area contributed by atoms with Crippen LogP contribution < -0.4 is 4.74 Å². The van der Waals surface area contributed by atoms with Crippen molar-refractivity contribution in [3.8, 4) is 5.75 Å². The van der Waals surface area contributed by atoms with E-state index in [1.807, 2.05) is 6.20 Å². The molecule has 0 N–H and O–H groups in total. The molecule has 0 unspecified atom stereocenters. The summed E-state index contributed by atoms with van der Waals surface area (Å²) in [6, 6.07) is 9.29. The highest BCUT2D eigenvalue weighted by molar-refractivity contribution is 5.33. The quantitative estimate of drug-likeness (QED) is 0.600. The van der Waals surface area contributed by atoms with E-state index in [0.717, 1.165) is 5.56 Å². The normalized spacial score (nSPS) is 11.8. The minimum Gasteiger partial charge on any atom is -0.494 e. The van der Waals surface area contributed by atoms with Crippen LogP contribution >= 0.6 is 0 Å². The van der Waals surface area contributed by atoms with E-state index >= 15 is 0 Å². The molecular weight excluding hydrogens is 325 g/mol. The molecule has 2 rings (SSSR count). The number of benzene rings is 1. The molecule has 26 heavy (non-hydrogen) atoms. The van der Waals surface area contributed by atoms with E-state index in [4.69, 9.17) is 4.74 Å². The minimum absolute atomic E-state index is 0.0288. The van der Waals surface area contributed by atoms with Crippen molar-refractivity contribution >= 4 is 0 Å². The lowest BCUT2D eigenvalue weighted by molar-refractivity contribution is 0.384. The molecule has 0 spiro atoms. The van der Waals surface area contributed by atoms with E-state index in [1.54, 1.807) is 12.1 Å². The van der Waals surface area contributed by atoms with Gasteiger partial charge in [0.1, 0.15) is 0 Å². The molecule has 2 nitrogen and oxygen atoms in total.